The normalized spacial score (nSPS) is 11.0. The van der Waals surface area contributed by atoms with Crippen LogP contribution in [0.4, 0.5) is 34.1 Å². The molecule has 2 nitrogen and oxygen atoms in total. The van der Waals surface area contributed by atoms with E-state index in [2.05, 4.69) is 182 Å². The highest BCUT2D eigenvalue weighted by Crippen LogP contribution is 2.38. The molecule has 0 heterocycles. The summed E-state index contributed by atoms with van der Waals surface area (Å²) in [7, 11) is 0. The Balaban J connectivity index is 1.27. The van der Waals surface area contributed by atoms with Crippen LogP contribution in [0, 0.1) is 6.92 Å². The molecule has 0 aliphatic rings. The second-order valence-corrected chi connectivity index (χ2v) is 12.5. The lowest BCUT2D eigenvalue weighted by Gasteiger charge is -2.26. The highest BCUT2D eigenvalue weighted by Gasteiger charge is 2.15. The summed E-state index contributed by atoms with van der Waals surface area (Å²) in [4.78, 5) is 4.69. The van der Waals surface area contributed by atoms with Gasteiger partial charge in [-0.15, -0.1) is 0 Å². The summed E-state index contributed by atoms with van der Waals surface area (Å²) < 4.78 is 0. The molecule has 6 aromatic carbocycles. The molecule has 0 fully saturated rings. The summed E-state index contributed by atoms with van der Waals surface area (Å²) in [5, 5.41) is 0. The minimum absolute atomic E-state index is 1.13. The number of anilines is 6. The predicted molar refractivity (Wildman–Crippen MR) is 203 cm³/mol. The van der Waals surface area contributed by atoms with Crippen LogP contribution in [0.2, 0.25) is 0 Å². The van der Waals surface area contributed by atoms with E-state index < -0.39 is 0 Å². The minimum atomic E-state index is 1.13. The molecule has 0 spiro atoms. The van der Waals surface area contributed by atoms with Gasteiger partial charge in [-0.1, -0.05) is 111 Å². The molecule has 2 heteroatoms. The molecule has 47 heavy (non-hydrogen) atoms. The Hall–Kier alpha value is -5.08. The number of hydrogen-bond donors (Lipinski definition) is 0. The Morgan fingerprint density at radius 2 is 0.681 bits per heavy atom. The highest BCUT2D eigenvalue weighted by molar-refractivity contribution is 5.80. The van der Waals surface area contributed by atoms with Gasteiger partial charge < -0.3 is 9.80 Å². The predicted octanol–water partition coefficient (Wildman–Crippen LogP) is 13.3. The monoisotopic (exact) mass is 614 g/mol. The highest BCUT2D eigenvalue weighted by atomic mass is 15.1. The summed E-state index contributed by atoms with van der Waals surface area (Å²) >= 11 is 0. The molecule has 0 unspecified atom stereocenters. The van der Waals surface area contributed by atoms with E-state index in [9.17, 15) is 0 Å². The van der Waals surface area contributed by atoms with E-state index >= 15 is 0 Å². The van der Waals surface area contributed by atoms with Gasteiger partial charge in [-0.25, -0.2) is 0 Å². The molecular formula is C45H46N2. The quantitative estimate of drug-likeness (QED) is 0.128. The number of benzene rings is 6. The van der Waals surface area contributed by atoms with Crippen molar-refractivity contribution in [2.24, 2.45) is 0 Å². The average molecular weight is 615 g/mol. The first kappa shape index (κ1) is 31.9. The molecule has 236 valence electrons. The van der Waals surface area contributed by atoms with E-state index in [1.807, 2.05) is 0 Å². The zero-order valence-corrected chi connectivity index (χ0v) is 28.1. The van der Waals surface area contributed by atoms with E-state index in [4.69, 9.17) is 0 Å². The van der Waals surface area contributed by atoms with E-state index in [0.29, 0.717) is 0 Å². The van der Waals surface area contributed by atoms with Crippen LogP contribution in [0.1, 0.15) is 56.2 Å². The number of nitrogens with zero attached hydrogens (tertiary/aromatic N) is 2. The van der Waals surface area contributed by atoms with Gasteiger partial charge in [-0.3, -0.25) is 0 Å². The summed E-state index contributed by atoms with van der Waals surface area (Å²) in [5.41, 5.74) is 13.4. The van der Waals surface area contributed by atoms with Crippen LogP contribution in [0.3, 0.4) is 0 Å². The molecular weight excluding hydrogens is 569 g/mol. The molecule has 0 radical (unpaired) electrons. The Morgan fingerprint density at radius 3 is 1.04 bits per heavy atom. The molecule has 6 rings (SSSR count). The molecule has 0 aliphatic heterocycles. The van der Waals surface area contributed by atoms with Crippen molar-refractivity contribution in [3.05, 3.63) is 168 Å². The number of para-hydroxylation sites is 1. The van der Waals surface area contributed by atoms with E-state index in [0.717, 1.165) is 35.6 Å². The van der Waals surface area contributed by atoms with Gasteiger partial charge in [0.2, 0.25) is 0 Å². The smallest absolute Gasteiger partial charge is 0.0462 e. The van der Waals surface area contributed by atoms with Crippen molar-refractivity contribution >= 4 is 34.1 Å². The van der Waals surface area contributed by atoms with Gasteiger partial charge in [0, 0.05) is 34.1 Å². The maximum absolute atomic E-state index is 2.35. The van der Waals surface area contributed by atoms with Crippen molar-refractivity contribution in [1.29, 1.82) is 0 Å². The van der Waals surface area contributed by atoms with Gasteiger partial charge in [0.1, 0.15) is 0 Å². The standard InChI is InChI=1S/C45H46N2/c1-4-6-11-36-17-27-42(28-18-36)46(40-13-9-8-10-14-40)44-31-21-38(22-32-44)39-23-33-45(34-24-39)47(41-25-15-35(3)16-26-41)43-29-19-37(20-30-43)12-7-5-2/h8-10,13-34H,4-7,11-12H2,1-3H3. The fourth-order valence-corrected chi connectivity index (χ4v) is 6.16. The summed E-state index contributed by atoms with van der Waals surface area (Å²) in [6.07, 6.45) is 7.13. The summed E-state index contributed by atoms with van der Waals surface area (Å²) in [5.74, 6) is 0. The second-order valence-electron chi connectivity index (χ2n) is 12.5. The van der Waals surface area contributed by atoms with Gasteiger partial charge in [-0.2, -0.15) is 0 Å². The second kappa shape index (κ2) is 15.5. The first-order valence-corrected chi connectivity index (χ1v) is 17.2. The molecule has 0 amide bonds. The van der Waals surface area contributed by atoms with E-state index in [1.54, 1.807) is 0 Å². The fraction of sp³-hybridized carbons (Fsp3) is 0.200. The largest absolute Gasteiger partial charge is 0.311 e. The van der Waals surface area contributed by atoms with Gasteiger partial charge in [0.05, 0.1) is 0 Å². The Labute approximate surface area is 282 Å². The number of unbranched alkanes of at least 4 members (excludes halogenated alkanes) is 2. The minimum Gasteiger partial charge on any atom is -0.311 e. The third kappa shape index (κ3) is 7.84. The van der Waals surface area contributed by atoms with Crippen molar-refractivity contribution in [1.82, 2.24) is 0 Å². The SMILES string of the molecule is CCCCc1ccc(N(c2ccccc2)c2ccc(-c3ccc(N(c4ccc(C)cc4)c4ccc(CCCC)cc4)cc3)cc2)cc1. The van der Waals surface area contributed by atoms with Crippen molar-refractivity contribution in [3.8, 4) is 11.1 Å². The Bertz CT molecular complexity index is 1800. The van der Waals surface area contributed by atoms with Crippen LogP contribution in [0.15, 0.2) is 152 Å². The van der Waals surface area contributed by atoms with Crippen LogP contribution >= 0.6 is 0 Å². The van der Waals surface area contributed by atoms with Crippen molar-refractivity contribution in [2.45, 2.75) is 59.3 Å². The van der Waals surface area contributed by atoms with Gasteiger partial charge in [0.15, 0.2) is 0 Å². The molecule has 0 aliphatic carbocycles. The number of rotatable bonds is 13. The lowest BCUT2D eigenvalue weighted by Crippen LogP contribution is -2.10. The molecule has 0 atom stereocenters. The first-order valence-electron chi connectivity index (χ1n) is 17.2. The van der Waals surface area contributed by atoms with Crippen LogP contribution in [-0.2, 0) is 12.8 Å². The summed E-state index contributed by atoms with van der Waals surface area (Å²) in [6, 6.07) is 55.5. The summed E-state index contributed by atoms with van der Waals surface area (Å²) in [6.45, 7) is 6.64. The van der Waals surface area contributed by atoms with E-state index in [1.165, 1.54) is 64.9 Å². The maximum atomic E-state index is 2.35. The van der Waals surface area contributed by atoms with Crippen LogP contribution in [-0.4, -0.2) is 0 Å². The zero-order chi connectivity index (χ0) is 32.4. The lowest BCUT2D eigenvalue weighted by atomic mass is 10.0. The Kier molecular flexibility index (Phi) is 10.5. The molecule has 0 N–H and O–H groups in total. The van der Waals surface area contributed by atoms with Crippen molar-refractivity contribution in [3.63, 3.8) is 0 Å². The van der Waals surface area contributed by atoms with Crippen molar-refractivity contribution in [2.75, 3.05) is 9.80 Å². The van der Waals surface area contributed by atoms with Crippen LogP contribution in [0.25, 0.3) is 11.1 Å². The topological polar surface area (TPSA) is 6.48 Å². The third-order valence-corrected chi connectivity index (χ3v) is 8.92. The van der Waals surface area contributed by atoms with Crippen molar-refractivity contribution < 1.29 is 0 Å². The third-order valence-electron chi connectivity index (χ3n) is 8.92. The fourth-order valence-electron chi connectivity index (χ4n) is 6.16. The first-order chi connectivity index (χ1) is 23.1. The van der Waals surface area contributed by atoms with Gasteiger partial charge in [0.25, 0.3) is 0 Å². The molecule has 6 aromatic rings. The van der Waals surface area contributed by atoms with Gasteiger partial charge >= 0.3 is 0 Å². The average Bonchev–Trinajstić information content (AvgIpc) is 3.13. The molecule has 0 bridgehead atoms. The van der Waals surface area contributed by atoms with Crippen LogP contribution < -0.4 is 9.80 Å². The van der Waals surface area contributed by atoms with E-state index in [-0.39, 0.29) is 0 Å². The molecule has 0 saturated heterocycles. The lowest BCUT2D eigenvalue weighted by molar-refractivity contribution is 0.795. The number of aryl methyl sites for hydroxylation is 3. The Morgan fingerprint density at radius 1 is 0.362 bits per heavy atom. The molecule has 0 saturated carbocycles. The maximum Gasteiger partial charge on any atom is 0.0462 e. The zero-order valence-electron chi connectivity index (χ0n) is 28.1. The van der Waals surface area contributed by atoms with Gasteiger partial charge in [-0.05, 0) is 128 Å². The number of hydrogen-bond acceptors (Lipinski definition) is 2. The van der Waals surface area contributed by atoms with Crippen LogP contribution in [0.5, 0.6) is 0 Å². The molecule has 0 aromatic heterocycles.